The molecule has 17 heavy (non-hydrogen) atoms. The normalized spacial score (nSPS) is 24.6. The molecule has 1 saturated heterocycles. The van der Waals surface area contributed by atoms with E-state index in [-0.39, 0.29) is 5.60 Å². The van der Waals surface area contributed by atoms with Crippen molar-refractivity contribution in [3.63, 3.8) is 0 Å². The summed E-state index contributed by atoms with van der Waals surface area (Å²) in [5, 5.41) is 3.34. The molecular weight excluding hydrogens is 246 g/mol. The van der Waals surface area contributed by atoms with Crippen LogP contribution in [0.2, 0.25) is 0 Å². The number of hydrogen-bond acceptors (Lipinski definition) is 5. The number of ether oxygens (including phenoxy) is 1. The molecule has 0 aromatic rings. The molecule has 0 radical (unpaired) electrons. The van der Waals surface area contributed by atoms with Crippen LogP contribution in [0.15, 0.2) is 12.7 Å². The molecule has 2 N–H and O–H groups in total. The van der Waals surface area contributed by atoms with Gasteiger partial charge in [-0.1, -0.05) is 13.0 Å². The summed E-state index contributed by atoms with van der Waals surface area (Å²) in [6.45, 7) is 8.69. The zero-order valence-electron chi connectivity index (χ0n) is 10.3. The van der Waals surface area contributed by atoms with E-state index in [0.717, 1.165) is 39.6 Å². The second-order valence-corrected chi connectivity index (χ2v) is 4.84. The van der Waals surface area contributed by atoms with Crippen molar-refractivity contribution in [2.45, 2.75) is 25.4 Å². The summed E-state index contributed by atoms with van der Waals surface area (Å²) in [6, 6.07) is 0. The third-order valence-corrected chi connectivity index (χ3v) is 2.93. The second-order valence-electron chi connectivity index (χ2n) is 3.65. The molecule has 1 atom stereocenters. The van der Waals surface area contributed by atoms with Crippen molar-refractivity contribution in [2.75, 3.05) is 26.8 Å². The van der Waals surface area contributed by atoms with E-state index in [1.54, 1.807) is 0 Å². The number of rotatable bonds is 4. The number of nitrogens with one attached hydrogen (secondary N) is 1. The van der Waals surface area contributed by atoms with E-state index in [2.05, 4.69) is 23.0 Å². The Morgan fingerprint density at radius 3 is 2.53 bits per heavy atom. The van der Waals surface area contributed by atoms with Crippen LogP contribution < -0.4 is 5.32 Å². The minimum atomic E-state index is -4.16. The maximum Gasteiger partial charge on any atom is 0.397 e. The molecule has 0 saturated carbocycles. The van der Waals surface area contributed by atoms with Gasteiger partial charge in [0.05, 0.1) is 19.3 Å². The van der Waals surface area contributed by atoms with E-state index in [9.17, 15) is 8.42 Å². The maximum absolute atomic E-state index is 9.33. The van der Waals surface area contributed by atoms with Gasteiger partial charge in [-0.3, -0.25) is 8.74 Å². The Morgan fingerprint density at radius 1 is 1.65 bits per heavy atom. The van der Waals surface area contributed by atoms with Crippen LogP contribution in [-0.4, -0.2) is 45.4 Å². The van der Waals surface area contributed by atoms with Crippen LogP contribution in [0.3, 0.4) is 0 Å². The first-order valence-corrected chi connectivity index (χ1v) is 6.74. The lowest BCUT2D eigenvalue weighted by Crippen LogP contribution is -2.49. The van der Waals surface area contributed by atoms with Gasteiger partial charge in [0.25, 0.3) is 0 Å². The first-order chi connectivity index (χ1) is 7.89. The summed E-state index contributed by atoms with van der Waals surface area (Å²) in [5.41, 5.74) is 0.0417. The Balaban J connectivity index is 0.000000366. The molecule has 6 nitrogen and oxygen atoms in total. The smallest absolute Gasteiger partial charge is 0.372 e. The van der Waals surface area contributed by atoms with Crippen molar-refractivity contribution in [1.29, 1.82) is 0 Å². The summed E-state index contributed by atoms with van der Waals surface area (Å²) < 4.78 is 35.4. The van der Waals surface area contributed by atoms with Gasteiger partial charge in [0.1, 0.15) is 0 Å². The van der Waals surface area contributed by atoms with E-state index in [0.29, 0.717) is 0 Å². The molecular formula is C10H21NO5S. The predicted octanol–water partition coefficient (Wildman–Crippen LogP) is 0.767. The van der Waals surface area contributed by atoms with E-state index < -0.39 is 10.4 Å². The van der Waals surface area contributed by atoms with Crippen molar-refractivity contribution >= 4 is 10.4 Å². The molecule has 0 bridgehead atoms. The Labute approximate surface area is 103 Å². The summed E-state index contributed by atoms with van der Waals surface area (Å²) >= 11 is 0. The summed E-state index contributed by atoms with van der Waals surface area (Å²) in [7, 11) is -3.29. The molecule has 0 spiro atoms. The lowest BCUT2D eigenvalue weighted by atomic mass is 9.95. The monoisotopic (exact) mass is 267 g/mol. The van der Waals surface area contributed by atoms with Gasteiger partial charge in [0, 0.05) is 13.1 Å². The Morgan fingerprint density at radius 2 is 2.24 bits per heavy atom. The molecule has 0 aliphatic carbocycles. The molecule has 1 fully saturated rings. The van der Waals surface area contributed by atoms with Crippen LogP contribution in [0.4, 0.5) is 0 Å². The molecule has 1 unspecified atom stereocenters. The van der Waals surface area contributed by atoms with Gasteiger partial charge in [-0.15, -0.1) is 6.58 Å². The van der Waals surface area contributed by atoms with Crippen LogP contribution >= 0.6 is 0 Å². The van der Waals surface area contributed by atoms with Crippen LogP contribution in [0.1, 0.15) is 19.8 Å². The molecule has 1 heterocycles. The largest absolute Gasteiger partial charge is 0.397 e. The lowest BCUT2D eigenvalue weighted by molar-refractivity contribution is -0.0658. The highest BCUT2D eigenvalue weighted by molar-refractivity contribution is 7.80. The fraction of sp³-hybridized carbons (Fsp3) is 0.800. The van der Waals surface area contributed by atoms with E-state index in [1.807, 2.05) is 6.08 Å². The van der Waals surface area contributed by atoms with Gasteiger partial charge in [-0.05, 0) is 12.8 Å². The van der Waals surface area contributed by atoms with Crippen molar-refractivity contribution in [1.82, 2.24) is 5.32 Å². The van der Waals surface area contributed by atoms with Crippen LogP contribution in [0, 0.1) is 0 Å². The molecule has 0 amide bonds. The molecule has 7 heteroatoms. The minimum absolute atomic E-state index is 0.0417. The minimum Gasteiger partial charge on any atom is -0.372 e. The van der Waals surface area contributed by atoms with Crippen molar-refractivity contribution in [3.8, 4) is 0 Å². The highest BCUT2D eigenvalue weighted by atomic mass is 32.3. The second kappa shape index (κ2) is 7.78. The van der Waals surface area contributed by atoms with Gasteiger partial charge >= 0.3 is 10.4 Å². The Kier molecular flexibility index (Phi) is 7.56. The third kappa shape index (κ3) is 7.45. The maximum atomic E-state index is 9.33. The predicted molar refractivity (Wildman–Crippen MR) is 65.2 cm³/mol. The fourth-order valence-electron chi connectivity index (χ4n) is 1.47. The van der Waals surface area contributed by atoms with E-state index in [4.69, 9.17) is 9.29 Å². The van der Waals surface area contributed by atoms with Gasteiger partial charge in [-0.25, -0.2) is 0 Å². The Bertz CT molecular complexity index is 309. The average molecular weight is 267 g/mol. The molecule has 1 rings (SSSR count). The number of hydrogen-bond donors (Lipinski definition) is 2. The molecule has 102 valence electrons. The molecule has 0 aromatic heterocycles. The first kappa shape index (κ1) is 16.5. The average Bonchev–Trinajstić information content (AvgIpc) is 2.31. The van der Waals surface area contributed by atoms with Gasteiger partial charge in [0.2, 0.25) is 0 Å². The van der Waals surface area contributed by atoms with Crippen molar-refractivity contribution in [2.24, 2.45) is 0 Å². The summed E-state index contributed by atoms with van der Waals surface area (Å²) in [4.78, 5) is 0. The SMILES string of the molecule is C=CCC1(CC)CNCCO1.COS(=O)(=O)O. The van der Waals surface area contributed by atoms with E-state index in [1.165, 1.54) is 0 Å². The standard InChI is InChI=1S/C9H17NO.CH4O4S/c1-3-5-9(4-2)8-10-6-7-11-9;1-5-6(2,3)4/h3,10H,1,4-8H2,2H3;1H3,(H,2,3,4). The highest BCUT2D eigenvalue weighted by Crippen LogP contribution is 2.21. The zero-order chi connectivity index (χ0) is 13.4. The fourth-order valence-corrected chi connectivity index (χ4v) is 1.47. The van der Waals surface area contributed by atoms with E-state index >= 15 is 0 Å². The van der Waals surface area contributed by atoms with Gasteiger partial charge < -0.3 is 10.1 Å². The molecule has 1 aliphatic rings. The van der Waals surface area contributed by atoms with Crippen LogP contribution in [-0.2, 0) is 19.3 Å². The van der Waals surface area contributed by atoms with Crippen LogP contribution in [0.25, 0.3) is 0 Å². The summed E-state index contributed by atoms with van der Waals surface area (Å²) in [5.74, 6) is 0. The van der Waals surface area contributed by atoms with Crippen molar-refractivity contribution < 1.29 is 21.9 Å². The zero-order valence-corrected chi connectivity index (χ0v) is 11.1. The first-order valence-electron chi connectivity index (χ1n) is 5.37. The number of morpholine rings is 1. The third-order valence-electron chi connectivity index (χ3n) is 2.51. The van der Waals surface area contributed by atoms with Gasteiger partial charge in [0.15, 0.2) is 0 Å². The Hall–Kier alpha value is -0.470. The highest BCUT2D eigenvalue weighted by Gasteiger charge is 2.29. The quantitative estimate of drug-likeness (QED) is 0.578. The lowest BCUT2D eigenvalue weighted by Gasteiger charge is -2.36. The van der Waals surface area contributed by atoms with Crippen LogP contribution in [0.5, 0.6) is 0 Å². The summed E-state index contributed by atoms with van der Waals surface area (Å²) in [6.07, 6.45) is 3.96. The molecule has 1 aliphatic heterocycles. The van der Waals surface area contributed by atoms with Crippen molar-refractivity contribution in [3.05, 3.63) is 12.7 Å². The topological polar surface area (TPSA) is 84.9 Å². The van der Waals surface area contributed by atoms with Gasteiger partial charge in [-0.2, -0.15) is 8.42 Å². The molecule has 0 aromatic carbocycles.